The Kier molecular flexibility index (Phi) is 6.76. The molecule has 2 heterocycles. The van der Waals surface area contributed by atoms with Gasteiger partial charge in [0, 0.05) is 27.5 Å². The molecule has 0 aliphatic rings. The first-order chi connectivity index (χ1) is 23.8. The molecule has 9 rings (SSSR count). The Morgan fingerprint density at radius 1 is 0.396 bits per heavy atom. The Hall–Kier alpha value is -6.52. The number of hydrogen-bond donors (Lipinski definition) is 1. The summed E-state index contributed by atoms with van der Waals surface area (Å²) in [5.41, 5.74) is 12.5. The normalized spacial score (nSPS) is 11.3. The third kappa shape index (κ3) is 4.88. The van der Waals surface area contributed by atoms with E-state index in [1.165, 1.54) is 44.1 Å². The van der Waals surface area contributed by atoms with E-state index < -0.39 is 0 Å². The maximum Gasteiger partial charge on any atom is 0.181 e. The standard InChI is InChI=1S/C44H30N4/c1-3-12-30(13-4-1)34-16-11-17-35(28-34)36-26-27-42(48-40-20-9-7-18-37(40)38-19-8-10-21-41(38)48)39(29-36)31-22-24-33(25-23-31)44-45-43(46-47-44)32-14-5-2-6-15-32/h1-29H,(H,45,46,47). The van der Waals surface area contributed by atoms with Crippen molar-refractivity contribution < 1.29 is 0 Å². The van der Waals surface area contributed by atoms with Crippen molar-refractivity contribution >= 4 is 21.8 Å². The average Bonchev–Trinajstić information content (AvgIpc) is 3.80. The summed E-state index contributed by atoms with van der Waals surface area (Å²) in [6, 6.07) is 62.3. The highest BCUT2D eigenvalue weighted by atomic mass is 15.2. The van der Waals surface area contributed by atoms with Crippen molar-refractivity contribution in [3.05, 3.63) is 176 Å². The molecule has 0 radical (unpaired) electrons. The number of benzene rings is 7. The summed E-state index contributed by atoms with van der Waals surface area (Å²) in [5.74, 6) is 1.43. The van der Waals surface area contributed by atoms with Crippen LogP contribution in [0.3, 0.4) is 0 Å². The van der Waals surface area contributed by atoms with Gasteiger partial charge in [0.1, 0.15) is 0 Å². The third-order valence-corrected chi connectivity index (χ3v) is 9.11. The van der Waals surface area contributed by atoms with Crippen molar-refractivity contribution in [2.75, 3.05) is 0 Å². The lowest BCUT2D eigenvalue weighted by atomic mass is 9.94. The zero-order valence-corrected chi connectivity index (χ0v) is 26.1. The fourth-order valence-corrected chi connectivity index (χ4v) is 6.75. The molecule has 7 aromatic carbocycles. The summed E-state index contributed by atoms with van der Waals surface area (Å²) in [4.78, 5) is 4.80. The van der Waals surface area contributed by atoms with Crippen LogP contribution in [0.15, 0.2) is 176 Å². The topological polar surface area (TPSA) is 46.5 Å². The van der Waals surface area contributed by atoms with Crippen LogP contribution in [0.25, 0.3) is 83.6 Å². The second-order valence-electron chi connectivity index (χ2n) is 12.0. The zero-order chi connectivity index (χ0) is 31.9. The maximum atomic E-state index is 4.80. The minimum Gasteiger partial charge on any atom is -0.309 e. The van der Waals surface area contributed by atoms with Gasteiger partial charge in [0.25, 0.3) is 0 Å². The molecule has 4 nitrogen and oxygen atoms in total. The van der Waals surface area contributed by atoms with Crippen LogP contribution in [0.1, 0.15) is 0 Å². The molecule has 1 N–H and O–H groups in total. The van der Waals surface area contributed by atoms with Gasteiger partial charge < -0.3 is 4.57 Å². The SMILES string of the molecule is c1ccc(-c2cccc(-c3ccc(-n4c5ccccc5c5ccccc54)c(-c4ccc(-c5nc(-c6ccccc6)n[nH]5)cc4)c3)c2)cc1. The van der Waals surface area contributed by atoms with Crippen LogP contribution in [0.4, 0.5) is 0 Å². The lowest BCUT2D eigenvalue weighted by Gasteiger charge is -2.17. The molecule has 9 aromatic rings. The van der Waals surface area contributed by atoms with E-state index >= 15 is 0 Å². The second-order valence-corrected chi connectivity index (χ2v) is 12.0. The molecule has 0 spiro atoms. The summed E-state index contributed by atoms with van der Waals surface area (Å²) in [6.45, 7) is 0. The van der Waals surface area contributed by atoms with Crippen molar-refractivity contribution in [2.45, 2.75) is 0 Å². The predicted octanol–water partition coefficient (Wildman–Crippen LogP) is 11.2. The number of rotatable bonds is 6. The van der Waals surface area contributed by atoms with Gasteiger partial charge in [-0.15, -0.1) is 0 Å². The van der Waals surface area contributed by atoms with Gasteiger partial charge in [0.2, 0.25) is 0 Å². The molecule has 0 bridgehead atoms. The molecule has 0 saturated carbocycles. The molecule has 0 aliphatic heterocycles. The molecule has 48 heavy (non-hydrogen) atoms. The Labute approximate surface area is 278 Å². The smallest absolute Gasteiger partial charge is 0.181 e. The quantitative estimate of drug-likeness (QED) is 0.203. The Balaban J connectivity index is 1.20. The van der Waals surface area contributed by atoms with Gasteiger partial charge in [0.05, 0.1) is 16.7 Å². The monoisotopic (exact) mass is 614 g/mol. The number of fused-ring (bicyclic) bond motifs is 3. The second kappa shape index (κ2) is 11.7. The lowest BCUT2D eigenvalue weighted by Crippen LogP contribution is -1.98. The Morgan fingerprint density at radius 2 is 0.917 bits per heavy atom. The Morgan fingerprint density at radius 3 is 1.60 bits per heavy atom. The van der Waals surface area contributed by atoms with Crippen LogP contribution in [-0.4, -0.2) is 19.7 Å². The summed E-state index contributed by atoms with van der Waals surface area (Å²) >= 11 is 0. The van der Waals surface area contributed by atoms with Crippen LogP contribution in [0, 0.1) is 0 Å². The van der Waals surface area contributed by atoms with Gasteiger partial charge in [-0.25, -0.2) is 4.98 Å². The first-order valence-corrected chi connectivity index (χ1v) is 16.2. The van der Waals surface area contributed by atoms with Crippen LogP contribution in [-0.2, 0) is 0 Å². The molecular formula is C44H30N4. The average molecular weight is 615 g/mol. The largest absolute Gasteiger partial charge is 0.309 e. The van der Waals surface area contributed by atoms with Gasteiger partial charge in [-0.05, 0) is 58.1 Å². The number of nitrogens with zero attached hydrogens (tertiary/aromatic N) is 3. The highest BCUT2D eigenvalue weighted by molar-refractivity contribution is 6.09. The van der Waals surface area contributed by atoms with Crippen molar-refractivity contribution in [3.63, 3.8) is 0 Å². The summed E-state index contributed by atoms with van der Waals surface area (Å²) in [5, 5.41) is 10.1. The number of aromatic amines is 1. The first-order valence-electron chi connectivity index (χ1n) is 16.2. The summed E-state index contributed by atoms with van der Waals surface area (Å²) in [6.07, 6.45) is 0. The Bertz CT molecular complexity index is 2490. The van der Waals surface area contributed by atoms with Crippen molar-refractivity contribution in [2.24, 2.45) is 0 Å². The van der Waals surface area contributed by atoms with E-state index in [9.17, 15) is 0 Å². The van der Waals surface area contributed by atoms with Crippen LogP contribution in [0.5, 0.6) is 0 Å². The van der Waals surface area contributed by atoms with Gasteiger partial charge in [-0.1, -0.05) is 146 Å². The fourth-order valence-electron chi connectivity index (χ4n) is 6.75. The van der Waals surface area contributed by atoms with Crippen LogP contribution in [0.2, 0.25) is 0 Å². The van der Waals surface area contributed by atoms with E-state index in [0.29, 0.717) is 5.82 Å². The zero-order valence-electron chi connectivity index (χ0n) is 26.1. The van der Waals surface area contributed by atoms with Crippen LogP contribution >= 0.6 is 0 Å². The van der Waals surface area contributed by atoms with Gasteiger partial charge in [0.15, 0.2) is 11.6 Å². The highest BCUT2D eigenvalue weighted by Crippen LogP contribution is 2.39. The molecule has 0 fully saturated rings. The van der Waals surface area contributed by atoms with Crippen molar-refractivity contribution in [3.8, 4) is 61.8 Å². The van der Waals surface area contributed by atoms with E-state index in [0.717, 1.165) is 33.8 Å². The van der Waals surface area contributed by atoms with E-state index in [1.807, 2.05) is 30.3 Å². The minimum atomic E-state index is 0.689. The molecule has 0 saturated heterocycles. The number of para-hydroxylation sites is 2. The van der Waals surface area contributed by atoms with E-state index in [2.05, 4.69) is 160 Å². The first kappa shape index (κ1) is 27.8. The third-order valence-electron chi connectivity index (χ3n) is 9.11. The lowest BCUT2D eigenvalue weighted by molar-refractivity contribution is 1.10. The highest BCUT2D eigenvalue weighted by Gasteiger charge is 2.17. The number of aromatic nitrogens is 4. The molecule has 0 atom stereocenters. The molecular weight excluding hydrogens is 585 g/mol. The van der Waals surface area contributed by atoms with Crippen LogP contribution < -0.4 is 0 Å². The summed E-state index contributed by atoms with van der Waals surface area (Å²) in [7, 11) is 0. The van der Waals surface area contributed by atoms with E-state index in [4.69, 9.17) is 4.98 Å². The molecule has 4 heteroatoms. The number of H-pyrrole nitrogens is 1. The molecule has 226 valence electrons. The number of nitrogens with one attached hydrogen (secondary N) is 1. The van der Waals surface area contributed by atoms with Crippen molar-refractivity contribution in [1.29, 1.82) is 0 Å². The number of hydrogen-bond acceptors (Lipinski definition) is 2. The van der Waals surface area contributed by atoms with Gasteiger partial charge in [-0.2, -0.15) is 5.10 Å². The van der Waals surface area contributed by atoms with Gasteiger partial charge in [-0.3, -0.25) is 5.10 Å². The van der Waals surface area contributed by atoms with Crippen molar-refractivity contribution in [1.82, 2.24) is 19.7 Å². The molecule has 2 aromatic heterocycles. The maximum absolute atomic E-state index is 4.80. The van der Waals surface area contributed by atoms with E-state index in [1.54, 1.807) is 0 Å². The van der Waals surface area contributed by atoms with E-state index in [-0.39, 0.29) is 0 Å². The fraction of sp³-hybridized carbons (Fsp3) is 0. The molecule has 0 aliphatic carbocycles. The van der Waals surface area contributed by atoms with Gasteiger partial charge >= 0.3 is 0 Å². The minimum absolute atomic E-state index is 0.689. The molecule has 0 unspecified atom stereocenters. The molecule has 0 amide bonds. The predicted molar refractivity (Wildman–Crippen MR) is 198 cm³/mol. The summed E-state index contributed by atoms with van der Waals surface area (Å²) < 4.78 is 2.40.